The molecule has 1 unspecified atom stereocenters. The second-order valence-corrected chi connectivity index (χ2v) is 5.46. The number of fused-ring (bicyclic) bond motifs is 1. The van der Waals surface area contributed by atoms with E-state index in [1.807, 2.05) is 30.3 Å². The van der Waals surface area contributed by atoms with E-state index in [-0.39, 0.29) is 26.2 Å². The summed E-state index contributed by atoms with van der Waals surface area (Å²) in [5.74, 6) is -1.66. The van der Waals surface area contributed by atoms with Gasteiger partial charge in [-0.05, 0) is 11.6 Å². The maximum absolute atomic E-state index is 12.3. The predicted octanol–water partition coefficient (Wildman–Crippen LogP) is 1.74. The number of aromatic nitrogens is 2. The number of carbonyl (C=O) groups is 2. The molecule has 7 nitrogen and oxygen atoms in total. The molecule has 1 aromatic heterocycles. The number of aliphatic carboxylic acids is 1. The molecule has 0 radical (unpaired) electrons. The van der Waals surface area contributed by atoms with Crippen LogP contribution >= 0.6 is 0 Å². The van der Waals surface area contributed by atoms with Gasteiger partial charge in [0.15, 0.2) is 0 Å². The van der Waals surface area contributed by atoms with Gasteiger partial charge in [-0.25, -0.2) is 4.79 Å². The van der Waals surface area contributed by atoms with Crippen molar-refractivity contribution in [3.8, 4) is 0 Å². The zero-order chi connectivity index (χ0) is 16.2. The number of nitrogens with zero attached hydrogens (tertiary/aromatic N) is 3. The second kappa shape index (κ2) is 6.51. The van der Waals surface area contributed by atoms with Gasteiger partial charge in [0.05, 0.1) is 24.7 Å². The van der Waals surface area contributed by atoms with Crippen molar-refractivity contribution in [2.75, 3.05) is 6.54 Å². The molecular formula is C16H17N3O4. The molecule has 0 fully saturated rings. The first-order valence-electron chi connectivity index (χ1n) is 7.32. The molecule has 120 valence electrons. The number of benzene rings is 1. The zero-order valence-electron chi connectivity index (χ0n) is 12.5. The summed E-state index contributed by atoms with van der Waals surface area (Å²) >= 11 is 0. The van der Waals surface area contributed by atoms with Crippen LogP contribution in [0.4, 0.5) is 4.79 Å². The lowest BCUT2D eigenvalue weighted by atomic mass is 10.1. The van der Waals surface area contributed by atoms with E-state index in [4.69, 9.17) is 4.74 Å². The molecule has 1 amide bonds. The van der Waals surface area contributed by atoms with Gasteiger partial charge in [-0.15, -0.1) is 0 Å². The smallest absolute Gasteiger partial charge is 0.410 e. The summed E-state index contributed by atoms with van der Waals surface area (Å²) in [6.07, 6.45) is 1.09. The maximum Gasteiger partial charge on any atom is 0.410 e. The van der Waals surface area contributed by atoms with Crippen molar-refractivity contribution in [2.45, 2.75) is 19.7 Å². The number of hydrogen-bond donors (Lipinski definition) is 1. The normalized spacial score (nSPS) is 17.2. The van der Waals surface area contributed by atoms with Crippen molar-refractivity contribution in [2.24, 2.45) is 5.92 Å². The van der Waals surface area contributed by atoms with Crippen LogP contribution in [-0.4, -0.2) is 38.4 Å². The number of carboxylic acids is 1. The standard InChI is InChI=1S/C16H17N3O4/c20-15(21)13-8-18(10-14-6-7-17-19(14)9-13)16(22)23-11-12-4-2-1-3-5-12/h1-7,13H,8-11H2,(H,20,21). The summed E-state index contributed by atoms with van der Waals surface area (Å²) in [7, 11) is 0. The lowest BCUT2D eigenvalue weighted by Gasteiger charge is -2.21. The van der Waals surface area contributed by atoms with Gasteiger partial charge in [0.2, 0.25) is 0 Å². The first-order valence-corrected chi connectivity index (χ1v) is 7.32. The Hall–Kier alpha value is -2.83. The van der Waals surface area contributed by atoms with Crippen molar-refractivity contribution in [3.05, 3.63) is 53.9 Å². The molecule has 1 aliphatic rings. The third-order valence-electron chi connectivity index (χ3n) is 3.80. The van der Waals surface area contributed by atoms with Crippen molar-refractivity contribution >= 4 is 12.1 Å². The number of rotatable bonds is 3. The Morgan fingerprint density at radius 3 is 2.74 bits per heavy atom. The summed E-state index contributed by atoms with van der Waals surface area (Å²) in [5, 5.41) is 13.4. The van der Waals surface area contributed by atoms with Crippen LogP contribution in [0.5, 0.6) is 0 Å². The Morgan fingerprint density at radius 1 is 1.22 bits per heavy atom. The fraction of sp³-hybridized carbons (Fsp3) is 0.312. The van der Waals surface area contributed by atoms with E-state index in [0.29, 0.717) is 0 Å². The van der Waals surface area contributed by atoms with Crippen LogP contribution in [0.1, 0.15) is 11.3 Å². The number of amides is 1. The van der Waals surface area contributed by atoms with Crippen LogP contribution in [0.3, 0.4) is 0 Å². The summed E-state index contributed by atoms with van der Waals surface area (Å²) < 4.78 is 6.94. The predicted molar refractivity (Wildman–Crippen MR) is 80.4 cm³/mol. The molecule has 0 saturated heterocycles. The zero-order valence-corrected chi connectivity index (χ0v) is 12.5. The Morgan fingerprint density at radius 2 is 2.00 bits per heavy atom. The Kier molecular flexibility index (Phi) is 4.27. The van der Waals surface area contributed by atoms with Crippen LogP contribution in [0.25, 0.3) is 0 Å². The minimum absolute atomic E-state index is 0.103. The number of carbonyl (C=O) groups excluding carboxylic acids is 1. The van der Waals surface area contributed by atoms with E-state index in [2.05, 4.69) is 5.10 Å². The lowest BCUT2D eigenvalue weighted by molar-refractivity contribution is -0.142. The molecule has 0 spiro atoms. The van der Waals surface area contributed by atoms with Crippen LogP contribution in [0.15, 0.2) is 42.6 Å². The van der Waals surface area contributed by atoms with Gasteiger partial charge in [-0.3, -0.25) is 9.48 Å². The Balaban J connectivity index is 1.70. The van der Waals surface area contributed by atoms with Crippen LogP contribution < -0.4 is 0 Å². The Bertz CT molecular complexity index is 698. The summed E-state index contributed by atoms with van der Waals surface area (Å²) in [4.78, 5) is 25.1. The van der Waals surface area contributed by atoms with Gasteiger partial charge < -0.3 is 14.7 Å². The average Bonchev–Trinajstić information content (AvgIpc) is 2.90. The molecule has 7 heteroatoms. The molecule has 1 aliphatic heterocycles. The van der Waals surface area contributed by atoms with E-state index < -0.39 is 18.0 Å². The van der Waals surface area contributed by atoms with E-state index in [1.165, 1.54) is 4.90 Å². The van der Waals surface area contributed by atoms with E-state index in [9.17, 15) is 14.7 Å². The number of carboxylic acid groups (broad SMARTS) is 1. The topological polar surface area (TPSA) is 84.7 Å². The maximum atomic E-state index is 12.3. The monoisotopic (exact) mass is 315 g/mol. The van der Waals surface area contributed by atoms with Gasteiger partial charge in [-0.2, -0.15) is 5.10 Å². The third-order valence-corrected chi connectivity index (χ3v) is 3.80. The number of ether oxygens (including phenoxy) is 1. The van der Waals surface area contributed by atoms with Gasteiger partial charge in [0.1, 0.15) is 6.61 Å². The average molecular weight is 315 g/mol. The van der Waals surface area contributed by atoms with Crippen molar-refractivity contribution in [1.29, 1.82) is 0 Å². The Labute approximate surface area is 133 Å². The van der Waals surface area contributed by atoms with Gasteiger partial charge >= 0.3 is 12.1 Å². The molecular weight excluding hydrogens is 298 g/mol. The first-order chi connectivity index (χ1) is 11.1. The van der Waals surface area contributed by atoms with Crippen molar-refractivity contribution < 1.29 is 19.4 Å². The minimum Gasteiger partial charge on any atom is -0.481 e. The SMILES string of the molecule is O=C(O)C1CN(C(=O)OCc2ccccc2)Cc2ccnn2C1. The van der Waals surface area contributed by atoms with Gasteiger partial charge in [0, 0.05) is 12.7 Å². The fourth-order valence-corrected chi connectivity index (χ4v) is 2.56. The molecule has 1 N–H and O–H groups in total. The van der Waals surface area contributed by atoms with Crippen LogP contribution in [0.2, 0.25) is 0 Å². The molecule has 0 aliphatic carbocycles. The van der Waals surface area contributed by atoms with E-state index >= 15 is 0 Å². The molecule has 1 atom stereocenters. The quantitative estimate of drug-likeness (QED) is 0.932. The van der Waals surface area contributed by atoms with Gasteiger partial charge in [0.25, 0.3) is 0 Å². The van der Waals surface area contributed by atoms with Crippen LogP contribution in [-0.2, 0) is 29.2 Å². The molecule has 23 heavy (non-hydrogen) atoms. The lowest BCUT2D eigenvalue weighted by Crippen LogP contribution is -2.36. The largest absolute Gasteiger partial charge is 0.481 e. The first kappa shape index (κ1) is 15.1. The summed E-state index contributed by atoms with van der Waals surface area (Å²) in [6, 6.07) is 11.1. The van der Waals surface area contributed by atoms with Crippen LogP contribution in [0, 0.1) is 5.92 Å². The molecule has 0 saturated carbocycles. The fourth-order valence-electron chi connectivity index (χ4n) is 2.56. The number of hydrogen-bond acceptors (Lipinski definition) is 4. The highest BCUT2D eigenvalue weighted by Gasteiger charge is 2.30. The van der Waals surface area contributed by atoms with Gasteiger partial charge in [-0.1, -0.05) is 30.3 Å². The van der Waals surface area contributed by atoms with Crippen molar-refractivity contribution in [1.82, 2.24) is 14.7 Å². The molecule has 2 aromatic rings. The van der Waals surface area contributed by atoms with Crippen molar-refractivity contribution in [3.63, 3.8) is 0 Å². The van der Waals surface area contributed by atoms with E-state index in [1.54, 1.807) is 16.9 Å². The molecule has 3 rings (SSSR count). The highest BCUT2D eigenvalue weighted by atomic mass is 16.6. The molecule has 2 heterocycles. The summed E-state index contributed by atoms with van der Waals surface area (Å²) in [6.45, 7) is 0.803. The molecule has 0 bridgehead atoms. The highest BCUT2D eigenvalue weighted by Crippen LogP contribution is 2.17. The highest BCUT2D eigenvalue weighted by molar-refractivity contribution is 5.73. The minimum atomic E-state index is -0.950. The van der Waals surface area contributed by atoms with E-state index in [0.717, 1.165) is 11.3 Å². The third kappa shape index (κ3) is 3.50. The second-order valence-electron chi connectivity index (χ2n) is 5.46. The molecule has 1 aromatic carbocycles. The summed E-state index contributed by atoms with van der Waals surface area (Å²) in [5.41, 5.74) is 1.68.